The summed E-state index contributed by atoms with van der Waals surface area (Å²) in [7, 11) is 1.59. The van der Waals surface area contributed by atoms with Crippen LogP contribution in [0.1, 0.15) is 49.7 Å². The predicted molar refractivity (Wildman–Crippen MR) is 127 cm³/mol. The number of nitrogens with one attached hydrogen (secondary N) is 1. The largest absolute Gasteiger partial charge is 0.504 e. The minimum atomic E-state index is -0.377. The molecule has 0 unspecified atom stereocenters. The molecule has 170 valence electrons. The highest BCUT2D eigenvalue weighted by Gasteiger charge is 2.52. The molecular formula is C26H26N2O4S. The van der Waals surface area contributed by atoms with Crippen LogP contribution in [-0.4, -0.2) is 28.3 Å². The van der Waals surface area contributed by atoms with Gasteiger partial charge in [-0.1, -0.05) is 6.07 Å². The van der Waals surface area contributed by atoms with Crippen molar-refractivity contribution in [3.63, 3.8) is 0 Å². The Morgan fingerprint density at radius 2 is 1.82 bits per heavy atom. The molecule has 0 radical (unpaired) electrons. The maximum atomic E-state index is 11.8. The molecule has 2 N–H and O–H groups in total. The maximum absolute atomic E-state index is 11.8. The number of phenolic OH excluding ortho intramolecular Hbond substituents is 1. The van der Waals surface area contributed by atoms with Crippen molar-refractivity contribution in [2.75, 3.05) is 7.11 Å². The average Bonchev–Trinajstić information content (AvgIpc) is 3.10. The summed E-state index contributed by atoms with van der Waals surface area (Å²) in [5.74, 6) is 2.70. The normalized spacial score (nSPS) is 31.3. The monoisotopic (exact) mass is 462 g/mol. The van der Waals surface area contributed by atoms with E-state index in [0.29, 0.717) is 10.7 Å². The van der Waals surface area contributed by atoms with Crippen molar-refractivity contribution in [1.29, 1.82) is 0 Å². The van der Waals surface area contributed by atoms with Crippen molar-refractivity contribution in [3.05, 3.63) is 46.5 Å². The first-order chi connectivity index (χ1) is 15.9. The molecule has 2 heterocycles. The highest BCUT2D eigenvalue weighted by atomic mass is 32.2. The van der Waals surface area contributed by atoms with E-state index in [1.165, 1.54) is 19.3 Å². The van der Waals surface area contributed by atoms with Gasteiger partial charge in [0.2, 0.25) is 0 Å². The van der Waals surface area contributed by atoms with E-state index in [4.69, 9.17) is 4.74 Å². The predicted octanol–water partition coefficient (Wildman–Crippen LogP) is 5.25. The summed E-state index contributed by atoms with van der Waals surface area (Å²) in [6.07, 6.45) is 10.8. The minimum absolute atomic E-state index is 0.0338. The Morgan fingerprint density at radius 1 is 1.12 bits per heavy atom. The molecule has 4 bridgehead atoms. The van der Waals surface area contributed by atoms with E-state index in [0.717, 1.165) is 71.2 Å². The first-order valence-electron chi connectivity index (χ1n) is 11.6. The van der Waals surface area contributed by atoms with Gasteiger partial charge in [-0.2, -0.15) is 0 Å². The van der Waals surface area contributed by atoms with Crippen LogP contribution in [0.3, 0.4) is 0 Å². The van der Waals surface area contributed by atoms with Crippen molar-refractivity contribution in [2.24, 2.45) is 17.8 Å². The fourth-order valence-corrected chi connectivity index (χ4v) is 7.67. The van der Waals surface area contributed by atoms with Crippen LogP contribution >= 0.6 is 11.8 Å². The van der Waals surface area contributed by atoms with Crippen LogP contribution in [0, 0.1) is 17.8 Å². The van der Waals surface area contributed by atoms with Gasteiger partial charge in [-0.05, 0) is 103 Å². The Hall–Kier alpha value is -2.80. The zero-order valence-corrected chi connectivity index (χ0v) is 19.3. The van der Waals surface area contributed by atoms with Gasteiger partial charge in [-0.3, -0.25) is 19.9 Å². The Kier molecular flexibility index (Phi) is 4.80. The Labute approximate surface area is 196 Å². The first-order valence-corrected chi connectivity index (χ1v) is 12.4. The number of amides is 2. The number of nitrogens with zero attached hydrogens (tertiary/aromatic N) is 1. The molecule has 5 fully saturated rings. The number of pyridine rings is 1. The zero-order valence-electron chi connectivity index (χ0n) is 18.5. The van der Waals surface area contributed by atoms with Gasteiger partial charge in [-0.25, -0.2) is 0 Å². The number of carbonyl (C=O) groups excluding carboxylic acids is 2. The minimum Gasteiger partial charge on any atom is -0.504 e. The van der Waals surface area contributed by atoms with Crippen LogP contribution in [0.5, 0.6) is 11.5 Å². The molecule has 1 aromatic heterocycles. The molecule has 7 heteroatoms. The molecule has 6 nitrogen and oxygen atoms in total. The van der Waals surface area contributed by atoms with Crippen LogP contribution in [0.15, 0.2) is 35.4 Å². The summed E-state index contributed by atoms with van der Waals surface area (Å²) in [5.41, 5.74) is 3.49. The second-order valence-corrected chi connectivity index (χ2v) is 11.1. The zero-order chi connectivity index (χ0) is 22.7. The third-order valence-electron chi connectivity index (χ3n) is 7.93. The Balaban J connectivity index is 1.36. The number of hydrogen-bond acceptors (Lipinski definition) is 6. The number of aromatic hydroxyl groups is 1. The molecule has 2 aromatic rings. The molecule has 1 aliphatic heterocycles. The van der Waals surface area contributed by atoms with Gasteiger partial charge in [0.1, 0.15) is 0 Å². The fourth-order valence-electron chi connectivity index (χ4n) is 6.99. The topological polar surface area (TPSA) is 88.5 Å². The molecule has 0 atom stereocenters. The number of rotatable bonds is 4. The second-order valence-electron chi connectivity index (χ2n) is 10.1. The van der Waals surface area contributed by atoms with E-state index >= 15 is 0 Å². The van der Waals surface area contributed by atoms with Gasteiger partial charge in [0, 0.05) is 17.3 Å². The summed E-state index contributed by atoms with van der Waals surface area (Å²) < 4.78 is 5.58. The number of imide groups is 1. The van der Waals surface area contributed by atoms with E-state index in [9.17, 15) is 14.7 Å². The van der Waals surface area contributed by atoms with Gasteiger partial charge in [-0.15, -0.1) is 0 Å². The van der Waals surface area contributed by atoms with Gasteiger partial charge in [0.15, 0.2) is 11.5 Å². The lowest BCUT2D eigenvalue weighted by Crippen LogP contribution is -2.48. The number of benzene rings is 1. The lowest BCUT2D eigenvalue weighted by molar-refractivity contribution is -0.115. The lowest BCUT2D eigenvalue weighted by Gasteiger charge is -2.57. The molecule has 7 rings (SSSR count). The van der Waals surface area contributed by atoms with Crippen LogP contribution < -0.4 is 10.1 Å². The third kappa shape index (κ3) is 3.53. The van der Waals surface area contributed by atoms with E-state index in [-0.39, 0.29) is 22.3 Å². The summed E-state index contributed by atoms with van der Waals surface area (Å²) >= 11 is 0.894. The number of carbonyl (C=O) groups is 2. The van der Waals surface area contributed by atoms with E-state index in [1.807, 2.05) is 18.2 Å². The summed E-state index contributed by atoms with van der Waals surface area (Å²) in [6.45, 7) is 0. The number of phenols is 1. The highest BCUT2D eigenvalue weighted by Crippen LogP contribution is 2.62. The maximum Gasteiger partial charge on any atom is 0.290 e. The van der Waals surface area contributed by atoms with Crippen LogP contribution in [0.4, 0.5) is 4.79 Å². The van der Waals surface area contributed by atoms with Crippen LogP contribution in [0.25, 0.3) is 17.3 Å². The summed E-state index contributed by atoms with van der Waals surface area (Å²) in [5, 5.41) is 13.1. The fraction of sp³-hybridized carbons (Fsp3) is 0.423. The molecule has 2 amide bonds. The van der Waals surface area contributed by atoms with Gasteiger partial charge >= 0.3 is 0 Å². The third-order valence-corrected chi connectivity index (χ3v) is 8.74. The molecule has 4 saturated carbocycles. The molecule has 4 aliphatic carbocycles. The average molecular weight is 463 g/mol. The van der Waals surface area contributed by atoms with Crippen molar-refractivity contribution in [3.8, 4) is 22.8 Å². The molecule has 1 aromatic carbocycles. The molecule has 33 heavy (non-hydrogen) atoms. The molecule has 0 spiro atoms. The molecular weight excluding hydrogens is 436 g/mol. The molecule has 1 saturated heterocycles. The number of aromatic nitrogens is 1. The van der Waals surface area contributed by atoms with Crippen molar-refractivity contribution < 1.29 is 19.4 Å². The highest BCUT2D eigenvalue weighted by molar-refractivity contribution is 8.18. The number of ether oxygens (including phenoxy) is 1. The number of methoxy groups -OCH3 is 1. The number of hydrogen-bond donors (Lipinski definition) is 2. The number of thioether (sulfide) groups is 1. The standard InChI is InChI=1S/C26H26N2O4S/c1-32-21-9-18(20-3-2-14(13-27-20)7-22-24(30)28-25(31)33-22)8-19(23(21)29)26-10-15-4-16(11-26)6-17(5-15)12-26/h2-3,7-9,13,15-17,29H,4-6,10-12H2,1H3,(H,28,30,31)/b22-7-. The first kappa shape index (κ1) is 20.8. The molecule has 5 aliphatic rings. The van der Waals surface area contributed by atoms with Crippen LogP contribution in [-0.2, 0) is 10.2 Å². The van der Waals surface area contributed by atoms with E-state index in [1.54, 1.807) is 19.4 Å². The van der Waals surface area contributed by atoms with Crippen molar-refractivity contribution in [1.82, 2.24) is 10.3 Å². The SMILES string of the molecule is COc1cc(-c2ccc(/C=C3\SC(=O)NC3=O)cn2)cc(C23CC4CC(CC(C4)C2)C3)c1O. The summed E-state index contributed by atoms with van der Waals surface area (Å²) in [6, 6.07) is 7.75. The van der Waals surface area contributed by atoms with Gasteiger partial charge in [0.05, 0.1) is 17.7 Å². The smallest absolute Gasteiger partial charge is 0.290 e. The Morgan fingerprint density at radius 3 is 2.36 bits per heavy atom. The van der Waals surface area contributed by atoms with Crippen molar-refractivity contribution in [2.45, 2.75) is 43.9 Å². The summed E-state index contributed by atoms with van der Waals surface area (Å²) in [4.78, 5) is 28.2. The van der Waals surface area contributed by atoms with E-state index in [2.05, 4.69) is 16.4 Å². The quantitative estimate of drug-likeness (QED) is 0.603. The van der Waals surface area contributed by atoms with Gasteiger partial charge < -0.3 is 9.84 Å². The van der Waals surface area contributed by atoms with E-state index < -0.39 is 0 Å². The lowest BCUT2D eigenvalue weighted by atomic mass is 9.48. The second kappa shape index (κ2) is 7.62. The van der Waals surface area contributed by atoms with Gasteiger partial charge in [0.25, 0.3) is 11.1 Å². The Bertz CT molecular complexity index is 1150. The van der Waals surface area contributed by atoms with Crippen LogP contribution in [0.2, 0.25) is 0 Å². The van der Waals surface area contributed by atoms with Crippen molar-refractivity contribution >= 4 is 29.0 Å².